The van der Waals surface area contributed by atoms with Gasteiger partial charge in [-0.2, -0.15) is 13.2 Å². The van der Waals surface area contributed by atoms with Crippen LogP contribution in [-0.2, 0) is 23.9 Å². The molecule has 3 aromatic rings. The van der Waals surface area contributed by atoms with Crippen LogP contribution in [0.1, 0.15) is 29.8 Å². The lowest BCUT2D eigenvalue weighted by Crippen LogP contribution is -2.37. The Balaban J connectivity index is 1.37. The molecule has 1 atom stereocenters. The van der Waals surface area contributed by atoms with Gasteiger partial charge >= 0.3 is 6.18 Å². The number of rotatable bonds is 5. The minimum absolute atomic E-state index is 0.0725. The molecular weight excluding hydrogens is 491 g/mol. The number of amides is 1. The average Bonchev–Trinajstić information content (AvgIpc) is 3.27. The predicted octanol–water partition coefficient (Wildman–Crippen LogP) is 5.32. The van der Waals surface area contributed by atoms with E-state index in [0.717, 1.165) is 54.3 Å². The molecule has 2 N–H and O–H groups in total. The molecule has 0 saturated carbocycles. The molecule has 10 heteroatoms. The number of halogens is 4. The molecule has 0 radical (unpaired) electrons. The third kappa shape index (κ3) is 5.32. The van der Waals surface area contributed by atoms with Gasteiger partial charge in [-0.1, -0.05) is 29.8 Å². The molecule has 1 unspecified atom stereocenters. The molecule has 1 amide bonds. The fourth-order valence-electron chi connectivity index (χ4n) is 4.73. The Morgan fingerprint density at radius 1 is 1.22 bits per heavy atom. The summed E-state index contributed by atoms with van der Waals surface area (Å²) in [5, 5.41) is 6.58. The summed E-state index contributed by atoms with van der Waals surface area (Å²) in [5.41, 5.74) is 3.05. The Hall–Kier alpha value is -3.17. The van der Waals surface area contributed by atoms with Crippen LogP contribution in [0.3, 0.4) is 0 Å². The van der Waals surface area contributed by atoms with Crippen molar-refractivity contribution in [1.82, 2.24) is 15.3 Å². The number of aromatic nitrogens is 2. The van der Waals surface area contributed by atoms with Gasteiger partial charge in [-0.05, 0) is 61.2 Å². The zero-order valence-electron chi connectivity index (χ0n) is 19.4. The molecule has 4 heterocycles. The van der Waals surface area contributed by atoms with Crippen LogP contribution in [0.5, 0.6) is 0 Å². The van der Waals surface area contributed by atoms with E-state index >= 15 is 0 Å². The number of benzene rings is 1. The smallest absolute Gasteiger partial charge is 0.365 e. The largest absolute Gasteiger partial charge is 0.433 e. The second kappa shape index (κ2) is 10.1. The fourth-order valence-corrected chi connectivity index (χ4v) is 4.94. The van der Waals surface area contributed by atoms with Crippen LogP contribution in [0, 0.1) is 5.92 Å². The fraction of sp³-hybridized carbons (Fsp3) is 0.346. The van der Waals surface area contributed by atoms with Crippen molar-refractivity contribution in [2.24, 2.45) is 5.92 Å². The van der Waals surface area contributed by atoms with E-state index in [-0.39, 0.29) is 18.4 Å². The summed E-state index contributed by atoms with van der Waals surface area (Å²) in [7, 11) is 0. The van der Waals surface area contributed by atoms with Crippen LogP contribution < -0.4 is 15.5 Å². The van der Waals surface area contributed by atoms with E-state index in [1.165, 1.54) is 12.3 Å². The van der Waals surface area contributed by atoms with Gasteiger partial charge in [0.2, 0.25) is 5.91 Å². The lowest BCUT2D eigenvalue weighted by Gasteiger charge is -2.22. The number of hydrogen-bond donors (Lipinski definition) is 2. The van der Waals surface area contributed by atoms with Gasteiger partial charge in [0.15, 0.2) is 0 Å². The Bertz CT molecular complexity index is 1280. The lowest BCUT2D eigenvalue weighted by molar-refractivity contribution is -0.141. The molecule has 2 aliphatic heterocycles. The zero-order chi connectivity index (χ0) is 25.3. The number of carbonyl (C=O) groups excluding carboxylic acids is 1. The Kier molecular flexibility index (Phi) is 6.85. The first-order chi connectivity index (χ1) is 17.3. The van der Waals surface area contributed by atoms with E-state index in [4.69, 9.17) is 11.6 Å². The van der Waals surface area contributed by atoms with E-state index < -0.39 is 11.9 Å². The average molecular weight is 516 g/mol. The Morgan fingerprint density at radius 2 is 2.08 bits per heavy atom. The van der Waals surface area contributed by atoms with Crippen molar-refractivity contribution in [3.63, 3.8) is 0 Å². The van der Waals surface area contributed by atoms with Gasteiger partial charge in [0, 0.05) is 30.5 Å². The van der Waals surface area contributed by atoms with Gasteiger partial charge in [0.1, 0.15) is 11.5 Å². The van der Waals surface area contributed by atoms with Crippen molar-refractivity contribution >= 4 is 29.0 Å². The molecule has 5 rings (SSSR count). The van der Waals surface area contributed by atoms with E-state index in [9.17, 15) is 18.0 Å². The van der Waals surface area contributed by atoms with E-state index in [2.05, 4.69) is 20.6 Å². The first-order valence-corrected chi connectivity index (χ1v) is 12.2. The van der Waals surface area contributed by atoms with Crippen LogP contribution in [-0.4, -0.2) is 35.5 Å². The molecule has 6 nitrogen and oxygen atoms in total. The number of nitrogens with zero attached hydrogens (tertiary/aromatic N) is 3. The van der Waals surface area contributed by atoms with Crippen LogP contribution in [0.2, 0.25) is 5.02 Å². The number of anilines is 2. The highest BCUT2D eigenvalue weighted by Gasteiger charge is 2.32. The zero-order valence-corrected chi connectivity index (χ0v) is 20.2. The molecule has 0 spiro atoms. The number of pyridine rings is 2. The SMILES string of the molecule is O=C(Nc1cc(-c2ccc3c(c2)N(Cc2cccc(C(F)(F)F)n2)CC3)c(Cl)cn1)C1CCCNC1. The predicted molar refractivity (Wildman–Crippen MR) is 133 cm³/mol. The first kappa shape index (κ1) is 24.5. The summed E-state index contributed by atoms with van der Waals surface area (Å²) in [6.07, 6.45) is -0.386. The highest BCUT2D eigenvalue weighted by molar-refractivity contribution is 6.33. The van der Waals surface area contributed by atoms with E-state index in [1.807, 2.05) is 23.1 Å². The number of carbonyl (C=O) groups is 1. The number of piperidine rings is 1. The summed E-state index contributed by atoms with van der Waals surface area (Å²) >= 11 is 6.48. The summed E-state index contributed by atoms with van der Waals surface area (Å²) in [4.78, 5) is 22.8. The number of hydrogen-bond acceptors (Lipinski definition) is 5. The standard InChI is InChI=1S/C26H25ClF3N5O/c27-21-14-32-24(34-25(36)18-3-2-9-31-13-18)12-20(21)17-7-6-16-8-10-35(22(16)11-17)15-19-4-1-5-23(33-19)26(28,29)30/h1,4-7,11-12,14,18,31H,2-3,8-10,13,15H2,(H,32,34,36). The maximum atomic E-state index is 13.1. The highest BCUT2D eigenvalue weighted by atomic mass is 35.5. The van der Waals surface area contributed by atoms with Crippen LogP contribution >= 0.6 is 11.6 Å². The molecule has 0 aliphatic carbocycles. The third-order valence-corrected chi connectivity index (χ3v) is 6.91. The molecule has 1 saturated heterocycles. The second-order valence-electron chi connectivity index (χ2n) is 9.11. The lowest BCUT2D eigenvalue weighted by atomic mass is 9.99. The van der Waals surface area contributed by atoms with Gasteiger partial charge in [-0.15, -0.1) is 0 Å². The van der Waals surface area contributed by atoms with Crippen molar-refractivity contribution in [2.75, 3.05) is 29.9 Å². The van der Waals surface area contributed by atoms with Crippen molar-refractivity contribution in [3.05, 3.63) is 70.6 Å². The van der Waals surface area contributed by atoms with Gasteiger partial charge in [0.25, 0.3) is 0 Å². The van der Waals surface area contributed by atoms with Crippen LogP contribution in [0.25, 0.3) is 11.1 Å². The van der Waals surface area contributed by atoms with Crippen molar-refractivity contribution < 1.29 is 18.0 Å². The van der Waals surface area contributed by atoms with Crippen molar-refractivity contribution in [1.29, 1.82) is 0 Å². The second-order valence-corrected chi connectivity index (χ2v) is 9.52. The highest BCUT2D eigenvalue weighted by Crippen LogP contribution is 2.37. The minimum Gasteiger partial charge on any atom is -0.365 e. The topological polar surface area (TPSA) is 70.2 Å². The first-order valence-electron chi connectivity index (χ1n) is 11.9. The molecular formula is C26H25ClF3N5O. The summed E-state index contributed by atoms with van der Waals surface area (Å²) < 4.78 is 39.3. The third-order valence-electron chi connectivity index (χ3n) is 6.61. The number of alkyl halides is 3. The van der Waals surface area contributed by atoms with Gasteiger partial charge in [-0.3, -0.25) is 4.79 Å². The van der Waals surface area contributed by atoms with Crippen LogP contribution in [0.15, 0.2) is 48.7 Å². The van der Waals surface area contributed by atoms with Crippen molar-refractivity contribution in [2.45, 2.75) is 32.0 Å². The maximum Gasteiger partial charge on any atom is 0.433 e. The van der Waals surface area contributed by atoms with E-state index in [1.54, 1.807) is 12.1 Å². The van der Waals surface area contributed by atoms with Gasteiger partial charge in [-0.25, -0.2) is 9.97 Å². The monoisotopic (exact) mass is 515 g/mol. The van der Waals surface area contributed by atoms with Gasteiger partial charge < -0.3 is 15.5 Å². The maximum absolute atomic E-state index is 13.1. The summed E-state index contributed by atoms with van der Waals surface area (Å²) in [5.74, 6) is 0.255. The Morgan fingerprint density at radius 3 is 2.86 bits per heavy atom. The quantitative estimate of drug-likeness (QED) is 0.481. The number of fused-ring (bicyclic) bond motifs is 1. The molecule has 1 aromatic carbocycles. The minimum atomic E-state index is -4.48. The Labute approximate surface area is 211 Å². The molecule has 36 heavy (non-hydrogen) atoms. The normalized spacial score (nSPS) is 17.7. The molecule has 1 fully saturated rings. The molecule has 2 aromatic heterocycles. The van der Waals surface area contributed by atoms with Crippen molar-refractivity contribution in [3.8, 4) is 11.1 Å². The summed E-state index contributed by atoms with van der Waals surface area (Å²) in [6, 6.07) is 11.7. The molecule has 0 bridgehead atoms. The molecule has 188 valence electrons. The number of nitrogens with one attached hydrogen (secondary N) is 2. The van der Waals surface area contributed by atoms with Gasteiger partial charge in [0.05, 0.1) is 23.2 Å². The molecule has 2 aliphatic rings. The summed E-state index contributed by atoms with van der Waals surface area (Å²) in [6.45, 7) is 2.51. The van der Waals surface area contributed by atoms with E-state index in [0.29, 0.717) is 29.6 Å². The van der Waals surface area contributed by atoms with Crippen LogP contribution in [0.4, 0.5) is 24.7 Å².